The summed E-state index contributed by atoms with van der Waals surface area (Å²) in [5.74, 6) is 0.762. The van der Waals surface area contributed by atoms with E-state index in [2.05, 4.69) is 0 Å². The van der Waals surface area contributed by atoms with Crippen molar-refractivity contribution in [3.63, 3.8) is 0 Å². The number of methoxy groups -OCH3 is 1. The van der Waals surface area contributed by atoms with E-state index >= 15 is 0 Å². The second-order valence-corrected chi connectivity index (χ2v) is 6.94. The van der Waals surface area contributed by atoms with Crippen molar-refractivity contribution in [2.75, 3.05) is 7.11 Å². The molecular formula is C16H18O3S. The number of sulfone groups is 1. The van der Waals surface area contributed by atoms with Crippen molar-refractivity contribution < 1.29 is 13.2 Å². The summed E-state index contributed by atoms with van der Waals surface area (Å²) in [4.78, 5) is 0. The summed E-state index contributed by atoms with van der Waals surface area (Å²) in [6.07, 6.45) is 0. The molecule has 2 rings (SSSR count). The van der Waals surface area contributed by atoms with Gasteiger partial charge in [0.05, 0.1) is 18.6 Å². The Hall–Kier alpha value is -1.81. The Morgan fingerprint density at radius 3 is 2.15 bits per heavy atom. The summed E-state index contributed by atoms with van der Waals surface area (Å²) in [6.45, 7) is 1.96. The van der Waals surface area contributed by atoms with E-state index < -0.39 is 9.84 Å². The molecule has 0 aliphatic rings. The highest BCUT2D eigenvalue weighted by Gasteiger charge is 2.13. The third-order valence-corrected chi connectivity index (χ3v) is 4.54. The van der Waals surface area contributed by atoms with Gasteiger partial charge in [0.15, 0.2) is 9.84 Å². The molecule has 0 bridgehead atoms. The van der Waals surface area contributed by atoms with Crippen LogP contribution in [0.15, 0.2) is 48.5 Å². The Kier molecular flexibility index (Phi) is 4.45. The molecule has 4 heteroatoms. The van der Waals surface area contributed by atoms with E-state index in [1.54, 1.807) is 31.4 Å². The van der Waals surface area contributed by atoms with Crippen LogP contribution in [0.5, 0.6) is 5.75 Å². The minimum atomic E-state index is -3.18. The molecule has 0 saturated heterocycles. The molecule has 20 heavy (non-hydrogen) atoms. The molecule has 0 spiro atoms. The summed E-state index contributed by atoms with van der Waals surface area (Å²) in [5, 5.41) is 0. The van der Waals surface area contributed by atoms with Crippen molar-refractivity contribution in [2.24, 2.45) is 0 Å². The van der Waals surface area contributed by atoms with Crippen LogP contribution in [-0.4, -0.2) is 15.5 Å². The van der Waals surface area contributed by atoms with Crippen molar-refractivity contribution in [3.8, 4) is 5.75 Å². The van der Waals surface area contributed by atoms with Gasteiger partial charge in [0, 0.05) is 0 Å². The molecule has 0 amide bonds. The summed E-state index contributed by atoms with van der Waals surface area (Å²) < 4.78 is 29.6. The zero-order valence-corrected chi connectivity index (χ0v) is 12.5. The lowest BCUT2D eigenvalue weighted by atomic mass is 10.2. The van der Waals surface area contributed by atoms with Gasteiger partial charge in [-0.05, 0) is 30.2 Å². The van der Waals surface area contributed by atoms with Crippen LogP contribution in [0.4, 0.5) is 0 Å². The monoisotopic (exact) mass is 290 g/mol. The van der Waals surface area contributed by atoms with Crippen LogP contribution < -0.4 is 4.74 Å². The molecule has 0 N–H and O–H groups in total. The SMILES string of the molecule is COc1cccc(CS(=O)(=O)Cc2cccc(C)c2)c1. The molecule has 0 aliphatic heterocycles. The Morgan fingerprint density at radius 1 is 0.950 bits per heavy atom. The smallest absolute Gasteiger partial charge is 0.158 e. The third-order valence-electron chi connectivity index (χ3n) is 2.99. The van der Waals surface area contributed by atoms with Crippen molar-refractivity contribution >= 4 is 9.84 Å². The van der Waals surface area contributed by atoms with E-state index in [-0.39, 0.29) is 11.5 Å². The molecule has 2 aromatic rings. The summed E-state index contributed by atoms with van der Waals surface area (Å²) >= 11 is 0. The minimum Gasteiger partial charge on any atom is -0.497 e. The lowest BCUT2D eigenvalue weighted by Gasteiger charge is -2.07. The van der Waals surface area contributed by atoms with E-state index in [0.717, 1.165) is 16.7 Å². The Balaban J connectivity index is 2.14. The molecular weight excluding hydrogens is 272 g/mol. The van der Waals surface area contributed by atoms with Gasteiger partial charge < -0.3 is 4.74 Å². The fraction of sp³-hybridized carbons (Fsp3) is 0.250. The largest absolute Gasteiger partial charge is 0.497 e. The maximum absolute atomic E-state index is 12.2. The molecule has 0 heterocycles. The molecule has 0 saturated carbocycles. The maximum Gasteiger partial charge on any atom is 0.158 e. The normalized spacial score (nSPS) is 11.3. The predicted octanol–water partition coefficient (Wildman–Crippen LogP) is 3.12. The first-order valence-electron chi connectivity index (χ1n) is 6.37. The number of aryl methyl sites for hydroxylation is 1. The number of rotatable bonds is 5. The summed E-state index contributed by atoms with van der Waals surface area (Å²) in [5.41, 5.74) is 2.64. The summed E-state index contributed by atoms with van der Waals surface area (Å²) in [6, 6.07) is 14.8. The first-order valence-corrected chi connectivity index (χ1v) is 8.19. The molecule has 0 radical (unpaired) electrons. The topological polar surface area (TPSA) is 43.4 Å². The molecule has 0 unspecified atom stereocenters. The van der Waals surface area contributed by atoms with Gasteiger partial charge >= 0.3 is 0 Å². The summed E-state index contributed by atoms with van der Waals surface area (Å²) in [7, 11) is -1.62. The van der Waals surface area contributed by atoms with Crippen LogP contribution in [0.25, 0.3) is 0 Å². The van der Waals surface area contributed by atoms with Gasteiger partial charge in [-0.3, -0.25) is 0 Å². The van der Waals surface area contributed by atoms with Gasteiger partial charge in [0.1, 0.15) is 5.75 Å². The van der Waals surface area contributed by atoms with Gasteiger partial charge in [0.25, 0.3) is 0 Å². The fourth-order valence-electron chi connectivity index (χ4n) is 2.12. The molecule has 0 aliphatic carbocycles. The number of hydrogen-bond acceptors (Lipinski definition) is 3. The van der Waals surface area contributed by atoms with Crippen LogP contribution in [0, 0.1) is 6.92 Å². The van der Waals surface area contributed by atoms with E-state index in [4.69, 9.17) is 4.74 Å². The predicted molar refractivity (Wildman–Crippen MR) is 80.5 cm³/mol. The molecule has 0 fully saturated rings. The number of ether oxygens (including phenoxy) is 1. The van der Waals surface area contributed by atoms with E-state index in [0.29, 0.717) is 5.75 Å². The molecule has 2 aromatic carbocycles. The first-order chi connectivity index (χ1) is 9.48. The van der Waals surface area contributed by atoms with Crippen LogP contribution in [0.2, 0.25) is 0 Å². The third kappa shape index (κ3) is 4.10. The van der Waals surface area contributed by atoms with Crippen molar-refractivity contribution in [3.05, 3.63) is 65.2 Å². The number of benzene rings is 2. The zero-order chi connectivity index (χ0) is 14.6. The van der Waals surface area contributed by atoms with Crippen molar-refractivity contribution in [1.82, 2.24) is 0 Å². The maximum atomic E-state index is 12.2. The van der Waals surface area contributed by atoms with Crippen LogP contribution in [-0.2, 0) is 21.3 Å². The molecule has 3 nitrogen and oxygen atoms in total. The average molecular weight is 290 g/mol. The van der Waals surface area contributed by atoms with Gasteiger partial charge in [-0.15, -0.1) is 0 Å². The van der Waals surface area contributed by atoms with Crippen LogP contribution >= 0.6 is 0 Å². The quantitative estimate of drug-likeness (QED) is 0.849. The second-order valence-electron chi connectivity index (χ2n) is 4.87. The van der Waals surface area contributed by atoms with Gasteiger partial charge in [-0.25, -0.2) is 8.42 Å². The fourth-order valence-corrected chi connectivity index (χ4v) is 3.60. The van der Waals surface area contributed by atoms with Crippen molar-refractivity contribution in [2.45, 2.75) is 18.4 Å². The van der Waals surface area contributed by atoms with Crippen molar-refractivity contribution in [1.29, 1.82) is 0 Å². The number of hydrogen-bond donors (Lipinski definition) is 0. The average Bonchev–Trinajstić information content (AvgIpc) is 2.37. The van der Waals surface area contributed by atoms with E-state index in [1.807, 2.05) is 31.2 Å². The van der Waals surface area contributed by atoms with Crippen LogP contribution in [0.3, 0.4) is 0 Å². The van der Waals surface area contributed by atoms with Crippen LogP contribution in [0.1, 0.15) is 16.7 Å². The Bertz CT molecular complexity index is 690. The van der Waals surface area contributed by atoms with Gasteiger partial charge in [-0.2, -0.15) is 0 Å². The van der Waals surface area contributed by atoms with E-state index in [9.17, 15) is 8.42 Å². The van der Waals surface area contributed by atoms with Gasteiger partial charge in [-0.1, -0.05) is 42.0 Å². The highest BCUT2D eigenvalue weighted by Crippen LogP contribution is 2.17. The highest BCUT2D eigenvalue weighted by atomic mass is 32.2. The van der Waals surface area contributed by atoms with Gasteiger partial charge in [0.2, 0.25) is 0 Å². The molecule has 0 aromatic heterocycles. The first kappa shape index (κ1) is 14.6. The zero-order valence-electron chi connectivity index (χ0n) is 11.7. The minimum absolute atomic E-state index is 0.0259. The highest BCUT2D eigenvalue weighted by molar-refractivity contribution is 7.89. The molecule has 0 atom stereocenters. The molecule has 106 valence electrons. The Morgan fingerprint density at radius 2 is 1.55 bits per heavy atom. The van der Waals surface area contributed by atoms with E-state index in [1.165, 1.54) is 0 Å². The lowest BCUT2D eigenvalue weighted by Crippen LogP contribution is -2.07. The lowest BCUT2D eigenvalue weighted by molar-refractivity contribution is 0.414. The standard InChI is InChI=1S/C16H18O3S/c1-13-5-3-6-14(9-13)11-20(17,18)12-15-7-4-8-16(10-15)19-2/h3-10H,11-12H2,1-2H3. The second kappa shape index (κ2) is 6.09. The Labute approximate surface area is 120 Å².